The van der Waals surface area contributed by atoms with Gasteiger partial charge in [0.25, 0.3) is 0 Å². The summed E-state index contributed by atoms with van der Waals surface area (Å²) in [5, 5.41) is 2.08. The third kappa shape index (κ3) is 3.74. The van der Waals surface area contributed by atoms with E-state index in [1.54, 1.807) is 11.5 Å². The first kappa shape index (κ1) is 13.5. The second-order valence-electron chi connectivity index (χ2n) is 3.44. The monoisotopic (exact) mass is 250 g/mol. The summed E-state index contributed by atoms with van der Waals surface area (Å²) in [5.74, 6) is -0.871. The van der Waals surface area contributed by atoms with Crippen molar-refractivity contribution in [2.24, 2.45) is 5.73 Å². The number of imidazole rings is 1. The molecule has 17 heavy (non-hydrogen) atoms. The zero-order chi connectivity index (χ0) is 13.1. The summed E-state index contributed by atoms with van der Waals surface area (Å²) in [4.78, 5) is 14.9. The minimum Gasteiger partial charge on any atom is -0.368 e. The number of hydrogen-bond donors (Lipinski definition) is 2. The van der Waals surface area contributed by atoms with E-state index in [0.717, 1.165) is 0 Å². The van der Waals surface area contributed by atoms with Crippen LogP contribution in [0.25, 0.3) is 0 Å². The van der Waals surface area contributed by atoms with Gasteiger partial charge in [0.05, 0.1) is 24.8 Å². The number of amides is 1. The Morgan fingerprint density at radius 2 is 2.29 bits per heavy atom. The minimum absolute atomic E-state index is 0.323. The summed E-state index contributed by atoms with van der Waals surface area (Å²) in [6.07, 6.45) is -1.65. The SMILES string of the molecule is CCn1cncc1C(NCC(F)(F)F)C(N)=O. The zero-order valence-electron chi connectivity index (χ0n) is 9.16. The second kappa shape index (κ2) is 5.17. The Morgan fingerprint density at radius 3 is 2.76 bits per heavy atom. The summed E-state index contributed by atoms with van der Waals surface area (Å²) < 4.78 is 37.8. The topological polar surface area (TPSA) is 72.9 Å². The molecule has 1 aromatic heterocycles. The van der Waals surface area contributed by atoms with Crippen molar-refractivity contribution < 1.29 is 18.0 Å². The van der Waals surface area contributed by atoms with Gasteiger partial charge in [-0.25, -0.2) is 4.98 Å². The minimum atomic E-state index is -4.40. The normalized spacial score (nSPS) is 13.6. The number of alkyl halides is 3. The van der Waals surface area contributed by atoms with E-state index in [1.807, 2.05) is 0 Å². The molecule has 5 nitrogen and oxygen atoms in total. The fourth-order valence-corrected chi connectivity index (χ4v) is 1.40. The molecule has 0 saturated heterocycles. The maximum atomic E-state index is 12.1. The summed E-state index contributed by atoms with van der Waals surface area (Å²) >= 11 is 0. The van der Waals surface area contributed by atoms with E-state index in [-0.39, 0.29) is 0 Å². The predicted molar refractivity (Wildman–Crippen MR) is 53.9 cm³/mol. The third-order valence-corrected chi connectivity index (χ3v) is 2.17. The van der Waals surface area contributed by atoms with Crippen LogP contribution in [0.15, 0.2) is 12.5 Å². The first-order valence-corrected chi connectivity index (χ1v) is 4.94. The molecule has 0 saturated carbocycles. The van der Waals surface area contributed by atoms with Gasteiger partial charge in [0, 0.05) is 6.54 Å². The van der Waals surface area contributed by atoms with Gasteiger partial charge < -0.3 is 10.3 Å². The van der Waals surface area contributed by atoms with Crippen LogP contribution in [-0.4, -0.2) is 28.2 Å². The average molecular weight is 250 g/mol. The summed E-state index contributed by atoms with van der Waals surface area (Å²) in [6, 6.07) is -1.20. The van der Waals surface area contributed by atoms with E-state index < -0.39 is 24.7 Å². The van der Waals surface area contributed by atoms with Crippen LogP contribution < -0.4 is 11.1 Å². The van der Waals surface area contributed by atoms with Gasteiger partial charge >= 0.3 is 6.18 Å². The van der Waals surface area contributed by atoms with Crippen molar-refractivity contribution in [3.8, 4) is 0 Å². The fourth-order valence-electron chi connectivity index (χ4n) is 1.40. The average Bonchev–Trinajstić information content (AvgIpc) is 2.63. The molecule has 1 heterocycles. The van der Waals surface area contributed by atoms with Crippen molar-refractivity contribution in [1.29, 1.82) is 0 Å². The standard InChI is InChI=1S/C9H13F3N4O/c1-2-16-5-14-3-6(16)7(8(13)17)15-4-9(10,11)12/h3,5,7,15H,2,4H2,1H3,(H2,13,17). The van der Waals surface area contributed by atoms with Crippen LogP contribution in [0.2, 0.25) is 0 Å². The molecule has 1 unspecified atom stereocenters. The van der Waals surface area contributed by atoms with Gasteiger partial charge in [-0.2, -0.15) is 13.2 Å². The highest BCUT2D eigenvalue weighted by atomic mass is 19.4. The van der Waals surface area contributed by atoms with E-state index >= 15 is 0 Å². The van der Waals surface area contributed by atoms with Crippen molar-refractivity contribution in [2.75, 3.05) is 6.54 Å². The van der Waals surface area contributed by atoms with Crippen LogP contribution in [0, 0.1) is 0 Å². The van der Waals surface area contributed by atoms with Gasteiger partial charge in [0.2, 0.25) is 5.91 Å². The molecule has 0 aliphatic heterocycles. The molecule has 0 aromatic carbocycles. The lowest BCUT2D eigenvalue weighted by Crippen LogP contribution is -2.39. The van der Waals surface area contributed by atoms with E-state index in [1.165, 1.54) is 12.5 Å². The van der Waals surface area contributed by atoms with E-state index in [0.29, 0.717) is 12.2 Å². The smallest absolute Gasteiger partial charge is 0.368 e. The molecule has 0 fully saturated rings. The zero-order valence-corrected chi connectivity index (χ0v) is 9.16. The molecule has 0 radical (unpaired) electrons. The number of halogens is 3. The number of carbonyl (C=O) groups excluding carboxylic acids is 1. The molecule has 0 aliphatic carbocycles. The second-order valence-corrected chi connectivity index (χ2v) is 3.44. The molecular formula is C9H13F3N4O. The highest BCUT2D eigenvalue weighted by Crippen LogP contribution is 2.17. The van der Waals surface area contributed by atoms with Crippen LogP contribution in [0.3, 0.4) is 0 Å². The summed E-state index contributed by atoms with van der Waals surface area (Å²) in [5.41, 5.74) is 5.39. The lowest BCUT2D eigenvalue weighted by Gasteiger charge is -2.17. The van der Waals surface area contributed by atoms with Crippen molar-refractivity contribution in [2.45, 2.75) is 25.7 Å². The first-order chi connectivity index (χ1) is 7.85. The Kier molecular flexibility index (Phi) is 4.11. The van der Waals surface area contributed by atoms with Gasteiger partial charge in [0.1, 0.15) is 6.04 Å². The molecule has 0 spiro atoms. The molecular weight excluding hydrogens is 237 g/mol. The number of aromatic nitrogens is 2. The number of nitrogens with one attached hydrogen (secondary N) is 1. The molecule has 0 bridgehead atoms. The van der Waals surface area contributed by atoms with Gasteiger partial charge in [0.15, 0.2) is 0 Å². The van der Waals surface area contributed by atoms with Crippen LogP contribution in [0.4, 0.5) is 13.2 Å². The quantitative estimate of drug-likeness (QED) is 0.803. The van der Waals surface area contributed by atoms with E-state index in [9.17, 15) is 18.0 Å². The number of primary amides is 1. The molecule has 8 heteroatoms. The highest BCUT2D eigenvalue weighted by Gasteiger charge is 2.31. The summed E-state index contributed by atoms with van der Waals surface area (Å²) in [6.45, 7) is 0.995. The Morgan fingerprint density at radius 1 is 1.65 bits per heavy atom. The number of rotatable bonds is 5. The molecule has 0 aliphatic rings. The molecule has 1 atom stereocenters. The molecule has 96 valence electrons. The fraction of sp³-hybridized carbons (Fsp3) is 0.556. The third-order valence-electron chi connectivity index (χ3n) is 2.17. The first-order valence-electron chi connectivity index (χ1n) is 4.94. The van der Waals surface area contributed by atoms with Crippen molar-refractivity contribution in [3.05, 3.63) is 18.2 Å². The Balaban J connectivity index is 2.83. The highest BCUT2D eigenvalue weighted by molar-refractivity contribution is 5.80. The van der Waals surface area contributed by atoms with Gasteiger partial charge in [-0.05, 0) is 6.92 Å². The number of nitrogens with zero attached hydrogens (tertiary/aromatic N) is 2. The molecule has 1 amide bonds. The Labute approximate surface area is 95.8 Å². The van der Waals surface area contributed by atoms with E-state index in [2.05, 4.69) is 10.3 Å². The lowest BCUT2D eigenvalue weighted by molar-refractivity contribution is -0.131. The van der Waals surface area contributed by atoms with Gasteiger partial charge in [-0.1, -0.05) is 0 Å². The predicted octanol–water partition coefficient (Wildman–Crippen LogP) is 0.581. The lowest BCUT2D eigenvalue weighted by atomic mass is 10.2. The van der Waals surface area contributed by atoms with Gasteiger partial charge in [-0.15, -0.1) is 0 Å². The van der Waals surface area contributed by atoms with E-state index in [4.69, 9.17) is 5.73 Å². The van der Waals surface area contributed by atoms with Crippen molar-refractivity contribution in [3.63, 3.8) is 0 Å². The maximum Gasteiger partial charge on any atom is 0.401 e. The number of nitrogens with two attached hydrogens (primary N) is 1. The largest absolute Gasteiger partial charge is 0.401 e. The molecule has 1 rings (SSSR count). The van der Waals surface area contributed by atoms with Crippen LogP contribution >= 0.6 is 0 Å². The Bertz CT molecular complexity index is 388. The van der Waals surface area contributed by atoms with Crippen molar-refractivity contribution >= 4 is 5.91 Å². The number of carbonyl (C=O) groups is 1. The number of aryl methyl sites for hydroxylation is 1. The Hall–Kier alpha value is -1.57. The van der Waals surface area contributed by atoms with Crippen molar-refractivity contribution in [1.82, 2.24) is 14.9 Å². The van der Waals surface area contributed by atoms with Crippen LogP contribution in [0.1, 0.15) is 18.7 Å². The maximum absolute atomic E-state index is 12.1. The molecule has 1 aromatic rings. The number of hydrogen-bond acceptors (Lipinski definition) is 3. The molecule has 3 N–H and O–H groups in total. The van der Waals surface area contributed by atoms with Crippen LogP contribution in [-0.2, 0) is 11.3 Å². The summed E-state index contributed by atoms with van der Waals surface area (Å²) in [7, 11) is 0. The van der Waals surface area contributed by atoms with Crippen LogP contribution in [0.5, 0.6) is 0 Å². The van der Waals surface area contributed by atoms with Gasteiger partial charge in [-0.3, -0.25) is 10.1 Å².